The van der Waals surface area contributed by atoms with Gasteiger partial charge in [0.2, 0.25) is 11.8 Å². The third kappa shape index (κ3) is 6.83. The van der Waals surface area contributed by atoms with E-state index in [9.17, 15) is 18.4 Å². The molecule has 2 atom stereocenters. The van der Waals surface area contributed by atoms with E-state index in [2.05, 4.69) is 5.32 Å². The predicted octanol–water partition coefficient (Wildman–Crippen LogP) is 4.53. The first-order valence-electron chi connectivity index (χ1n) is 9.97. The van der Waals surface area contributed by atoms with Gasteiger partial charge < -0.3 is 10.2 Å². The average molecular weight is 435 g/mol. The van der Waals surface area contributed by atoms with Gasteiger partial charge in [-0.05, 0) is 38.0 Å². The highest BCUT2D eigenvalue weighted by Crippen LogP contribution is 2.18. The van der Waals surface area contributed by atoms with E-state index in [0.29, 0.717) is 16.9 Å². The predicted molar refractivity (Wildman–Crippen MR) is 117 cm³/mol. The molecule has 2 amide bonds. The minimum absolute atomic E-state index is 0.0130. The fourth-order valence-electron chi connectivity index (χ4n) is 2.80. The number of nitrogens with one attached hydrogen (secondary N) is 1. The molecule has 7 heteroatoms. The van der Waals surface area contributed by atoms with Crippen molar-refractivity contribution >= 4 is 23.6 Å². The first-order chi connectivity index (χ1) is 14.3. The monoisotopic (exact) mass is 434 g/mol. The van der Waals surface area contributed by atoms with Crippen LogP contribution in [0.1, 0.15) is 38.3 Å². The summed E-state index contributed by atoms with van der Waals surface area (Å²) in [5.74, 6) is -0.936. The molecule has 30 heavy (non-hydrogen) atoms. The Morgan fingerprint density at radius 2 is 1.57 bits per heavy atom. The molecule has 4 nitrogen and oxygen atoms in total. The summed E-state index contributed by atoms with van der Waals surface area (Å²) in [4.78, 5) is 26.9. The molecule has 2 rings (SSSR count). The maximum Gasteiger partial charge on any atom is 0.242 e. The molecule has 0 heterocycles. The number of carbonyl (C=O) groups excluding carboxylic acids is 2. The Labute approximate surface area is 181 Å². The van der Waals surface area contributed by atoms with Crippen molar-refractivity contribution in [2.24, 2.45) is 0 Å². The number of thioether (sulfide) groups is 1. The second-order valence-corrected chi connectivity index (χ2v) is 8.18. The van der Waals surface area contributed by atoms with E-state index in [0.717, 1.165) is 6.42 Å². The van der Waals surface area contributed by atoms with Crippen LogP contribution in [0.5, 0.6) is 0 Å². The molecule has 0 saturated heterocycles. The van der Waals surface area contributed by atoms with Crippen LogP contribution < -0.4 is 5.32 Å². The van der Waals surface area contributed by atoms with E-state index in [4.69, 9.17) is 0 Å². The molecule has 0 unspecified atom stereocenters. The van der Waals surface area contributed by atoms with Crippen LogP contribution in [0.2, 0.25) is 0 Å². The van der Waals surface area contributed by atoms with E-state index in [-0.39, 0.29) is 36.0 Å². The summed E-state index contributed by atoms with van der Waals surface area (Å²) in [6, 6.07) is 11.8. The van der Waals surface area contributed by atoms with Gasteiger partial charge in [-0.3, -0.25) is 9.59 Å². The zero-order valence-corrected chi connectivity index (χ0v) is 18.3. The van der Waals surface area contributed by atoms with Crippen molar-refractivity contribution in [1.82, 2.24) is 10.2 Å². The molecule has 0 aliphatic rings. The smallest absolute Gasteiger partial charge is 0.242 e. The molecule has 0 radical (unpaired) electrons. The van der Waals surface area contributed by atoms with Gasteiger partial charge >= 0.3 is 0 Å². The van der Waals surface area contributed by atoms with Crippen LogP contribution >= 0.6 is 11.8 Å². The van der Waals surface area contributed by atoms with E-state index >= 15 is 0 Å². The first-order valence-corrected chi connectivity index (χ1v) is 11.1. The SMILES string of the molecule is CC[C@@H](C)NC(=O)[C@@H](C)N(Cc1ccccc1F)C(=O)CSCc1ccccc1F. The van der Waals surface area contributed by atoms with Crippen molar-refractivity contribution in [3.63, 3.8) is 0 Å². The molecule has 0 spiro atoms. The fourth-order valence-corrected chi connectivity index (χ4v) is 3.70. The molecule has 2 aromatic rings. The Morgan fingerprint density at radius 1 is 1.00 bits per heavy atom. The molecule has 1 N–H and O–H groups in total. The molecule has 0 fully saturated rings. The minimum atomic E-state index is -0.764. The Morgan fingerprint density at radius 3 is 2.13 bits per heavy atom. The topological polar surface area (TPSA) is 49.4 Å². The summed E-state index contributed by atoms with van der Waals surface area (Å²) >= 11 is 1.26. The van der Waals surface area contributed by atoms with Crippen LogP contribution in [0, 0.1) is 11.6 Å². The molecule has 0 aromatic heterocycles. The van der Waals surface area contributed by atoms with Gasteiger partial charge in [0.1, 0.15) is 17.7 Å². The number of carbonyl (C=O) groups is 2. The molecule has 0 aliphatic carbocycles. The number of halogens is 2. The van der Waals surface area contributed by atoms with Crippen molar-refractivity contribution in [2.45, 2.75) is 51.6 Å². The Hall–Kier alpha value is -2.41. The summed E-state index contributed by atoms with van der Waals surface area (Å²) < 4.78 is 28.0. The van der Waals surface area contributed by atoms with Gasteiger partial charge in [-0.15, -0.1) is 11.8 Å². The van der Waals surface area contributed by atoms with Crippen LogP contribution in [0.15, 0.2) is 48.5 Å². The van der Waals surface area contributed by atoms with Crippen molar-refractivity contribution in [1.29, 1.82) is 0 Å². The van der Waals surface area contributed by atoms with Crippen molar-refractivity contribution in [3.8, 4) is 0 Å². The van der Waals surface area contributed by atoms with E-state index in [1.807, 2.05) is 13.8 Å². The first kappa shape index (κ1) is 23.9. The second kappa shape index (κ2) is 11.7. The van der Waals surface area contributed by atoms with Gasteiger partial charge in [-0.2, -0.15) is 0 Å². The number of hydrogen-bond acceptors (Lipinski definition) is 3. The zero-order valence-electron chi connectivity index (χ0n) is 17.5. The summed E-state index contributed by atoms with van der Waals surface area (Å²) in [7, 11) is 0. The normalized spacial score (nSPS) is 12.8. The van der Waals surface area contributed by atoms with Gasteiger partial charge in [0.15, 0.2) is 0 Å². The molecule has 0 bridgehead atoms. The highest BCUT2D eigenvalue weighted by Gasteiger charge is 2.27. The Bertz CT molecular complexity index is 863. The van der Waals surface area contributed by atoms with Gasteiger partial charge in [0.05, 0.1) is 5.75 Å². The number of rotatable bonds is 10. The van der Waals surface area contributed by atoms with E-state index < -0.39 is 11.9 Å². The molecule has 2 aromatic carbocycles. The van der Waals surface area contributed by atoms with Crippen LogP contribution in [-0.2, 0) is 21.9 Å². The highest BCUT2D eigenvalue weighted by molar-refractivity contribution is 7.99. The summed E-state index contributed by atoms with van der Waals surface area (Å²) in [5.41, 5.74) is 0.853. The maximum atomic E-state index is 14.2. The molecular weight excluding hydrogens is 406 g/mol. The second-order valence-electron chi connectivity index (χ2n) is 7.19. The number of nitrogens with zero attached hydrogens (tertiary/aromatic N) is 1. The van der Waals surface area contributed by atoms with E-state index in [1.165, 1.54) is 28.8 Å². The lowest BCUT2D eigenvalue weighted by Crippen LogP contribution is -2.50. The van der Waals surface area contributed by atoms with Crippen LogP contribution in [0.3, 0.4) is 0 Å². The average Bonchev–Trinajstić information content (AvgIpc) is 2.73. The fraction of sp³-hybridized carbons (Fsp3) is 0.391. The summed E-state index contributed by atoms with van der Waals surface area (Å²) in [6.45, 7) is 5.47. The van der Waals surface area contributed by atoms with Crippen LogP contribution in [-0.4, -0.2) is 34.6 Å². The Balaban J connectivity index is 2.10. The number of benzene rings is 2. The number of hydrogen-bond donors (Lipinski definition) is 1. The van der Waals surface area contributed by atoms with E-state index in [1.54, 1.807) is 43.3 Å². The van der Waals surface area contributed by atoms with Gasteiger partial charge in [0.25, 0.3) is 0 Å². The van der Waals surface area contributed by atoms with Crippen molar-refractivity contribution < 1.29 is 18.4 Å². The molecule has 0 saturated carbocycles. The maximum absolute atomic E-state index is 14.2. The zero-order chi connectivity index (χ0) is 22.1. The number of amides is 2. The van der Waals surface area contributed by atoms with Gasteiger partial charge in [0, 0.05) is 23.9 Å². The molecule has 162 valence electrons. The quantitative estimate of drug-likeness (QED) is 0.598. The minimum Gasteiger partial charge on any atom is -0.352 e. The van der Waals surface area contributed by atoms with Gasteiger partial charge in [-0.1, -0.05) is 43.3 Å². The molecule has 0 aliphatic heterocycles. The third-order valence-corrected chi connectivity index (χ3v) is 5.87. The van der Waals surface area contributed by atoms with Crippen molar-refractivity contribution in [2.75, 3.05) is 5.75 Å². The lowest BCUT2D eigenvalue weighted by Gasteiger charge is -2.29. The summed E-state index contributed by atoms with van der Waals surface area (Å²) in [6.07, 6.45) is 0.762. The molecular formula is C23H28F2N2O2S. The van der Waals surface area contributed by atoms with Crippen LogP contribution in [0.4, 0.5) is 8.78 Å². The lowest BCUT2D eigenvalue weighted by molar-refractivity contribution is -0.139. The standard InChI is InChI=1S/C23H28F2N2O2S/c1-4-16(2)26-23(29)17(3)27(13-18-9-5-7-11-20(18)24)22(28)15-30-14-19-10-6-8-12-21(19)25/h5-12,16-17H,4,13-15H2,1-3H3,(H,26,29)/t16-,17-/m1/s1. The largest absolute Gasteiger partial charge is 0.352 e. The van der Waals surface area contributed by atoms with Gasteiger partial charge in [-0.25, -0.2) is 8.78 Å². The highest BCUT2D eigenvalue weighted by atomic mass is 32.2. The third-order valence-electron chi connectivity index (χ3n) is 4.91. The van der Waals surface area contributed by atoms with Crippen molar-refractivity contribution in [3.05, 3.63) is 71.3 Å². The Kier molecular flexibility index (Phi) is 9.30. The lowest BCUT2D eigenvalue weighted by atomic mass is 10.1. The van der Waals surface area contributed by atoms with Crippen LogP contribution in [0.25, 0.3) is 0 Å². The summed E-state index contributed by atoms with van der Waals surface area (Å²) in [5, 5.41) is 2.87.